The van der Waals surface area contributed by atoms with E-state index in [2.05, 4.69) is 5.10 Å². The summed E-state index contributed by atoms with van der Waals surface area (Å²) in [6, 6.07) is 2.02. The Kier molecular flexibility index (Phi) is 2.11. The van der Waals surface area contributed by atoms with Crippen molar-refractivity contribution in [3.8, 4) is 6.07 Å². The van der Waals surface area contributed by atoms with Gasteiger partial charge in [-0.05, 0) is 0 Å². The molecule has 0 aliphatic rings. The Hall–Kier alpha value is -1.24. The van der Waals surface area contributed by atoms with Crippen LogP contribution in [-0.2, 0) is 6.54 Å². The Balaban J connectivity index is 2.52. The summed E-state index contributed by atoms with van der Waals surface area (Å²) >= 11 is 0. The van der Waals surface area contributed by atoms with E-state index in [1.54, 1.807) is 17.1 Å². The highest BCUT2D eigenvalue weighted by Gasteiger charge is 1.90. The van der Waals surface area contributed by atoms with Gasteiger partial charge in [0.25, 0.3) is 0 Å². The molecule has 0 N–H and O–H groups in total. The number of hydrogen-bond acceptors (Lipinski definition) is 2. The molecule has 1 aromatic rings. The zero-order valence-corrected chi connectivity index (χ0v) is 5.49. The van der Waals surface area contributed by atoms with Crippen molar-refractivity contribution >= 4 is 13.3 Å². The minimum atomic E-state index is 0.473. The van der Waals surface area contributed by atoms with Gasteiger partial charge in [0, 0.05) is 12.4 Å². The van der Waals surface area contributed by atoms with Crippen LogP contribution in [-0.4, -0.2) is 17.6 Å². The van der Waals surface area contributed by atoms with E-state index in [4.69, 9.17) is 13.1 Å². The third-order valence-corrected chi connectivity index (χ3v) is 1.11. The quantitative estimate of drug-likeness (QED) is 0.512. The number of aryl methyl sites for hydroxylation is 1. The van der Waals surface area contributed by atoms with Crippen LogP contribution in [0.25, 0.3) is 0 Å². The molecule has 48 valence electrons. The summed E-state index contributed by atoms with van der Waals surface area (Å²) in [7, 11) is 5.38. The largest absolute Gasteiger partial charge is 0.272 e. The molecule has 0 fully saturated rings. The monoisotopic (exact) mass is 131 g/mol. The fraction of sp³-hybridized carbons (Fsp3) is 0.333. The van der Waals surface area contributed by atoms with E-state index in [1.165, 1.54) is 0 Å². The summed E-state index contributed by atoms with van der Waals surface area (Å²) in [5.41, 5.74) is 0.637. The maximum atomic E-state index is 8.21. The molecule has 1 heterocycles. The third kappa shape index (κ3) is 1.62. The molecule has 0 atom stereocenters. The zero-order valence-electron chi connectivity index (χ0n) is 5.49. The predicted octanol–water partition coefficient (Wildman–Crippen LogP) is -0.409. The van der Waals surface area contributed by atoms with E-state index in [9.17, 15) is 0 Å². The van der Waals surface area contributed by atoms with Crippen LogP contribution in [0, 0.1) is 11.3 Å². The molecule has 1 aromatic heterocycles. The Morgan fingerprint density at radius 3 is 3.10 bits per heavy atom. The number of rotatable bonds is 2. The van der Waals surface area contributed by atoms with Gasteiger partial charge >= 0.3 is 0 Å². The number of hydrogen-bond donors (Lipinski definition) is 0. The van der Waals surface area contributed by atoms with Crippen LogP contribution in [0.15, 0.2) is 12.4 Å². The number of nitriles is 1. The van der Waals surface area contributed by atoms with Crippen molar-refractivity contribution in [1.29, 1.82) is 5.26 Å². The fourth-order valence-corrected chi connectivity index (χ4v) is 0.666. The van der Waals surface area contributed by atoms with Gasteiger partial charge in [-0.25, -0.2) is 0 Å². The van der Waals surface area contributed by atoms with Crippen LogP contribution >= 0.6 is 0 Å². The Morgan fingerprint density at radius 1 is 1.80 bits per heavy atom. The molecule has 0 saturated carbocycles. The minimum absolute atomic E-state index is 0.473. The molecular weight excluding hydrogens is 125 g/mol. The van der Waals surface area contributed by atoms with Crippen molar-refractivity contribution in [3.05, 3.63) is 12.4 Å². The molecule has 1 rings (SSSR count). The van der Waals surface area contributed by atoms with Crippen molar-refractivity contribution in [1.82, 2.24) is 9.78 Å². The van der Waals surface area contributed by atoms with Crippen molar-refractivity contribution in [2.24, 2.45) is 0 Å². The molecule has 3 nitrogen and oxygen atoms in total. The van der Waals surface area contributed by atoms with E-state index in [-0.39, 0.29) is 0 Å². The van der Waals surface area contributed by atoms with E-state index in [0.29, 0.717) is 18.4 Å². The lowest BCUT2D eigenvalue weighted by molar-refractivity contribution is 0.628. The Morgan fingerprint density at radius 2 is 2.60 bits per heavy atom. The molecule has 0 saturated heterocycles. The SMILES string of the molecule is [B]c1cnn(CCC#N)c1. The molecule has 0 bridgehead atoms. The first-order valence-corrected chi connectivity index (χ1v) is 2.98. The van der Waals surface area contributed by atoms with Gasteiger partial charge in [-0.2, -0.15) is 10.4 Å². The predicted molar refractivity (Wildman–Crippen MR) is 37.8 cm³/mol. The highest BCUT2D eigenvalue weighted by atomic mass is 15.3. The molecule has 0 unspecified atom stereocenters. The van der Waals surface area contributed by atoms with Gasteiger partial charge in [0.15, 0.2) is 0 Å². The minimum Gasteiger partial charge on any atom is -0.272 e. The molecule has 2 radical (unpaired) electrons. The Labute approximate surface area is 60.7 Å². The van der Waals surface area contributed by atoms with Gasteiger partial charge < -0.3 is 0 Å². The first-order chi connectivity index (χ1) is 4.83. The first-order valence-electron chi connectivity index (χ1n) is 2.98. The first kappa shape index (κ1) is 6.88. The molecule has 0 aromatic carbocycles. The Bertz CT molecular complexity index is 248. The summed E-state index contributed by atoms with van der Waals surface area (Å²) in [6.07, 6.45) is 3.75. The normalized spacial score (nSPS) is 9.10. The van der Waals surface area contributed by atoms with Crippen LogP contribution < -0.4 is 5.46 Å². The van der Waals surface area contributed by atoms with Crippen molar-refractivity contribution in [2.45, 2.75) is 13.0 Å². The molecule has 0 aliphatic carbocycles. The van der Waals surface area contributed by atoms with E-state index >= 15 is 0 Å². The summed E-state index contributed by atoms with van der Waals surface area (Å²) in [5, 5.41) is 12.1. The van der Waals surface area contributed by atoms with Gasteiger partial charge in [0.1, 0.15) is 7.85 Å². The van der Waals surface area contributed by atoms with Gasteiger partial charge in [-0.15, -0.1) is 0 Å². The van der Waals surface area contributed by atoms with Crippen LogP contribution in [0.2, 0.25) is 0 Å². The smallest absolute Gasteiger partial charge is 0.118 e. The van der Waals surface area contributed by atoms with Gasteiger partial charge in [0.2, 0.25) is 0 Å². The second kappa shape index (κ2) is 3.07. The van der Waals surface area contributed by atoms with Crippen LogP contribution in [0.3, 0.4) is 0 Å². The standard InChI is InChI=1S/C6H6BN3/c7-6-4-9-10(5-6)3-1-2-8/h4-5H,1,3H2. The van der Waals surface area contributed by atoms with Gasteiger partial charge in [-0.3, -0.25) is 4.68 Å². The van der Waals surface area contributed by atoms with E-state index < -0.39 is 0 Å². The molecule has 10 heavy (non-hydrogen) atoms. The maximum Gasteiger partial charge on any atom is 0.118 e. The molecule has 0 spiro atoms. The summed E-state index contributed by atoms with van der Waals surface area (Å²) in [5.74, 6) is 0. The van der Waals surface area contributed by atoms with Crippen molar-refractivity contribution < 1.29 is 0 Å². The van der Waals surface area contributed by atoms with Gasteiger partial charge in [-0.1, -0.05) is 5.46 Å². The zero-order chi connectivity index (χ0) is 7.40. The third-order valence-electron chi connectivity index (χ3n) is 1.11. The molecule has 4 heteroatoms. The van der Waals surface area contributed by atoms with Crippen molar-refractivity contribution in [2.75, 3.05) is 0 Å². The molecular formula is C6H6BN3. The maximum absolute atomic E-state index is 8.21. The van der Waals surface area contributed by atoms with Crippen LogP contribution in [0.4, 0.5) is 0 Å². The van der Waals surface area contributed by atoms with E-state index in [1.807, 2.05) is 6.07 Å². The van der Waals surface area contributed by atoms with Crippen LogP contribution in [0.1, 0.15) is 6.42 Å². The lowest BCUT2D eigenvalue weighted by atomic mass is 10.0. The second-order valence-electron chi connectivity index (χ2n) is 1.94. The molecule has 0 amide bonds. The summed E-state index contributed by atoms with van der Waals surface area (Å²) in [4.78, 5) is 0. The van der Waals surface area contributed by atoms with Gasteiger partial charge in [0.05, 0.1) is 19.0 Å². The highest BCUT2D eigenvalue weighted by Crippen LogP contribution is 1.84. The lowest BCUT2D eigenvalue weighted by Gasteiger charge is -1.92. The fourth-order valence-electron chi connectivity index (χ4n) is 0.666. The molecule has 0 aliphatic heterocycles. The number of aromatic nitrogens is 2. The summed E-state index contributed by atoms with van der Waals surface area (Å²) < 4.78 is 1.65. The van der Waals surface area contributed by atoms with E-state index in [0.717, 1.165) is 0 Å². The topological polar surface area (TPSA) is 41.6 Å². The highest BCUT2D eigenvalue weighted by molar-refractivity contribution is 6.31. The lowest BCUT2D eigenvalue weighted by Crippen LogP contribution is -1.99. The average Bonchev–Trinajstić information content (AvgIpc) is 2.31. The number of nitrogens with zero attached hydrogens (tertiary/aromatic N) is 3. The average molecular weight is 131 g/mol. The van der Waals surface area contributed by atoms with Crippen LogP contribution in [0.5, 0.6) is 0 Å². The van der Waals surface area contributed by atoms with Crippen molar-refractivity contribution in [3.63, 3.8) is 0 Å². The second-order valence-corrected chi connectivity index (χ2v) is 1.94. The summed E-state index contributed by atoms with van der Waals surface area (Å²) in [6.45, 7) is 0.619.